The molecule has 2 N–H and O–H groups in total. The smallest absolute Gasteiger partial charge is 0.336 e. The second-order valence-electron chi connectivity index (χ2n) is 4.87. The predicted molar refractivity (Wildman–Crippen MR) is 81.0 cm³/mol. The maximum absolute atomic E-state index is 13.3. The molecule has 2 aromatic rings. The minimum Gasteiger partial charge on any atom is -0.478 e. The summed E-state index contributed by atoms with van der Waals surface area (Å²) in [5.41, 5.74) is 2.10. The predicted octanol–water partition coefficient (Wildman–Crippen LogP) is 3.98. The molecule has 1 unspecified atom stereocenters. The first-order chi connectivity index (χ1) is 9.82. The van der Waals surface area contributed by atoms with Crippen molar-refractivity contribution in [2.75, 3.05) is 0 Å². The summed E-state index contributed by atoms with van der Waals surface area (Å²) < 4.78 is 13.5. The second kappa shape index (κ2) is 5.95. The molecule has 21 heavy (non-hydrogen) atoms. The SMILES string of the molecule is Cc1ccc(C)c(C(O)c2ccc(F)c(Br)c2)c1C(=O)O. The largest absolute Gasteiger partial charge is 0.478 e. The molecular weight excluding hydrogens is 339 g/mol. The number of benzene rings is 2. The van der Waals surface area contributed by atoms with Gasteiger partial charge in [-0.2, -0.15) is 0 Å². The zero-order valence-corrected chi connectivity index (χ0v) is 13.1. The first-order valence-corrected chi connectivity index (χ1v) is 7.08. The summed E-state index contributed by atoms with van der Waals surface area (Å²) in [6.07, 6.45) is -1.13. The van der Waals surface area contributed by atoms with Crippen LogP contribution in [0.4, 0.5) is 4.39 Å². The van der Waals surface area contributed by atoms with Gasteiger partial charge in [-0.25, -0.2) is 9.18 Å². The van der Waals surface area contributed by atoms with Gasteiger partial charge in [0, 0.05) is 5.56 Å². The zero-order valence-electron chi connectivity index (χ0n) is 11.5. The second-order valence-corrected chi connectivity index (χ2v) is 5.72. The molecule has 0 saturated carbocycles. The van der Waals surface area contributed by atoms with E-state index in [-0.39, 0.29) is 10.0 Å². The van der Waals surface area contributed by atoms with E-state index in [1.54, 1.807) is 26.0 Å². The summed E-state index contributed by atoms with van der Waals surface area (Å²) in [6.45, 7) is 3.42. The van der Waals surface area contributed by atoms with E-state index in [1.165, 1.54) is 18.2 Å². The third-order valence-corrected chi connectivity index (χ3v) is 4.03. The van der Waals surface area contributed by atoms with Crippen LogP contribution in [-0.4, -0.2) is 16.2 Å². The van der Waals surface area contributed by atoms with Gasteiger partial charge in [-0.1, -0.05) is 18.2 Å². The van der Waals surface area contributed by atoms with Gasteiger partial charge in [-0.15, -0.1) is 0 Å². The van der Waals surface area contributed by atoms with Crippen molar-refractivity contribution in [1.29, 1.82) is 0 Å². The average Bonchev–Trinajstić information content (AvgIpc) is 2.43. The quantitative estimate of drug-likeness (QED) is 0.878. The number of aromatic carboxylic acids is 1. The van der Waals surface area contributed by atoms with Gasteiger partial charge in [0.25, 0.3) is 0 Å². The third-order valence-electron chi connectivity index (χ3n) is 3.42. The van der Waals surface area contributed by atoms with Crippen LogP contribution in [0.3, 0.4) is 0 Å². The van der Waals surface area contributed by atoms with Gasteiger partial charge in [0.15, 0.2) is 0 Å². The number of carboxylic acids is 1. The van der Waals surface area contributed by atoms with Gasteiger partial charge in [0.2, 0.25) is 0 Å². The van der Waals surface area contributed by atoms with E-state index in [9.17, 15) is 19.4 Å². The molecule has 0 aliphatic carbocycles. The molecule has 0 radical (unpaired) electrons. The highest BCUT2D eigenvalue weighted by Gasteiger charge is 2.23. The van der Waals surface area contributed by atoms with Crippen molar-refractivity contribution >= 4 is 21.9 Å². The van der Waals surface area contributed by atoms with Crippen molar-refractivity contribution in [2.24, 2.45) is 0 Å². The Morgan fingerprint density at radius 2 is 1.81 bits per heavy atom. The Morgan fingerprint density at radius 1 is 1.19 bits per heavy atom. The Bertz CT molecular complexity index is 713. The molecule has 1 atom stereocenters. The van der Waals surface area contributed by atoms with Crippen LogP contribution in [0.5, 0.6) is 0 Å². The molecule has 3 nitrogen and oxygen atoms in total. The van der Waals surface area contributed by atoms with Crippen molar-refractivity contribution in [3.05, 3.63) is 68.4 Å². The van der Waals surface area contributed by atoms with E-state index < -0.39 is 17.9 Å². The van der Waals surface area contributed by atoms with E-state index in [1.807, 2.05) is 0 Å². The molecule has 0 fully saturated rings. The van der Waals surface area contributed by atoms with Crippen molar-refractivity contribution in [3.8, 4) is 0 Å². The summed E-state index contributed by atoms with van der Waals surface area (Å²) in [5, 5.41) is 19.9. The normalized spacial score (nSPS) is 12.2. The highest BCUT2D eigenvalue weighted by atomic mass is 79.9. The molecule has 5 heteroatoms. The van der Waals surface area contributed by atoms with Crippen LogP contribution in [0, 0.1) is 19.7 Å². The van der Waals surface area contributed by atoms with E-state index in [2.05, 4.69) is 15.9 Å². The Labute approximate surface area is 130 Å². The van der Waals surface area contributed by atoms with Crippen LogP contribution >= 0.6 is 15.9 Å². The average molecular weight is 353 g/mol. The maximum atomic E-state index is 13.3. The van der Waals surface area contributed by atoms with Gasteiger partial charge in [0.05, 0.1) is 10.0 Å². The van der Waals surface area contributed by atoms with Crippen molar-refractivity contribution in [3.63, 3.8) is 0 Å². The number of aliphatic hydroxyl groups excluding tert-OH is 1. The third kappa shape index (κ3) is 2.99. The Balaban J connectivity index is 2.62. The molecule has 0 bridgehead atoms. The number of carbonyl (C=O) groups is 1. The van der Waals surface area contributed by atoms with Crippen LogP contribution in [-0.2, 0) is 0 Å². The number of carboxylic acid groups (broad SMARTS) is 1. The number of aryl methyl sites for hydroxylation is 2. The van der Waals surface area contributed by atoms with Crippen LogP contribution in [0.25, 0.3) is 0 Å². The standard InChI is InChI=1S/C16H14BrFO3/c1-8-3-4-9(2)14(16(20)21)13(8)15(19)10-5-6-12(18)11(17)7-10/h3-7,15,19H,1-2H3,(H,20,21). The lowest BCUT2D eigenvalue weighted by atomic mass is 9.90. The van der Waals surface area contributed by atoms with Crippen LogP contribution in [0.2, 0.25) is 0 Å². The molecule has 2 aromatic carbocycles. The summed E-state index contributed by atoms with van der Waals surface area (Å²) in [7, 11) is 0. The summed E-state index contributed by atoms with van der Waals surface area (Å²) in [5.74, 6) is -1.53. The van der Waals surface area contributed by atoms with Crippen LogP contribution in [0.1, 0.15) is 38.7 Å². The minimum absolute atomic E-state index is 0.0861. The van der Waals surface area contributed by atoms with Gasteiger partial charge < -0.3 is 10.2 Å². The van der Waals surface area contributed by atoms with Gasteiger partial charge >= 0.3 is 5.97 Å². The van der Waals surface area contributed by atoms with E-state index in [0.29, 0.717) is 22.3 Å². The first-order valence-electron chi connectivity index (χ1n) is 6.29. The Kier molecular flexibility index (Phi) is 4.44. The van der Waals surface area contributed by atoms with Gasteiger partial charge in [0.1, 0.15) is 11.9 Å². The first kappa shape index (κ1) is 15.7. The summed E-state index contributed by atoms with van der Waals surface area (Å²) >= 11 is 3.06. The molecule has 0 amide bonds. The fraction of sp³-hybridized carbons (Fsp3) is 0.188. The number of rotatable bonds is 3. The maximum Gasteiger partial charge on any atom is 0.336 e. The number of hydrogen-bond acceptors (Lipinski definition) is 2. The molecule has 2 rings (SSSR count). The fourth-order valence-electron chi connectivity index (χ4n) is 2.32. The van der Waals surface area contributed by atoms with Crippen molar-refractivity contribution < 1.29 is 19.4 Å². The molecule has 0 aromatic heterocycles. The summed E-state index contributed by atoms with van der Waals surface area (Å²) in [6, 6.07) is 7.59. The molecule has 0 saturated heterocycles. The lowest BCUT2D eigenvalue weighted by Gasteiger charge is -2.19. The molecule has 110 valence electrons. The zero-order chi connectivity index (χ0) is 15.7. The molecule has 0 heterocycles. The number of hydrogen-bond donors (Lipinski definition) is 2. The Hall–Kier alpha value is -1.72. The minimum atomic E-state index is -1.13. The van der Waals surface area contributed by atoms with E-state index in [4.69, 9.17) is 0 Å². The Morgan fingerprint density at radius 3 is 2.38 bits per heavy atom. The van der Waals surface area contributed by atoms with Gasteiger partial charge in [-0.3, -0.25) is 0 Å². The van der Waals surface area contributed by atoms with E-state index in [0.717, 1.165) is 0 Å². The molecular formula is C16H14BrFO3. The van der Waals surface area contributed by atoms with Crippen LogP contribution in [0.15, 0.2) is 34.8 Å². The molecule has 0 aliphatic heterocycles. The monoisotopic (exact) mass is 352 g/mol. The lowest BCUT2D eigenvalue weighted by molar-refractivity contribution is 0.0690. The van der Waals surface area contributed by atoms with Gasteiger partial charge in [-0.05, 0) is 58.6 Å². The lowest BCUT2D eigenvalue weighted by Crippen LogP contribution is -2.12. The van der Waals surface area contributed by atoms with Crippen molar-refractivity contribution in [1.82, 2.24) is 0 Å². The molecule has 0 aliphatic rings. The fourth-order valence-corrected chi connectivity index (χ4v) is 2.71. The van der Waals surface area contributed by atoms with Crippen LogP contribution < -0.4 is 0 Å². The number of halogens is 2. The topological polar surface area (TPSA) is 57.5 Å². The summed E-state index contributed by atoms with van der Waals surface area (Å²) in [4.78, 5) is 11.5. The molecule has 0 spiro atoms. The van der Waals surface area contributed by atoms with E-state index >= 15 is 0 Å². The highest BCUT2D eigenvalue weighted by Crippen LogP contribution is 2.31. The van der Waals surface area contributed by atoms with Crippen molar-refractivity contribution in [2.45, 2.75) is 20.0 Å². The number of aliphatic hydroxyl groups is 1. The highest BCUT2D eigenvalue weighted by molar-refractivity contribution is 9.10.